The van der Waals surface area contributed by atoms with Crippen LogP contribution in [0.25, 0.3) is 0 Å². The molecule has 0 bridgehead atoms. The van der Waals surface area contributed by atoms with E-state index in [0.717, 1.165) is 13.1 Å². The third-order valence-electron chi connectivity index (χ3n) is 4.17. The highest BCUT2D eigenvalue weighted by atomic mass is 15.2. The van der Waals surface area contributed by atoms with Crippen molar-refractivity contribution < 1.29 is 0 Å². The molecule has 2 atom stereocenters. The highest BCUT2D eigenvalue weighted by Gasteiger charge is 2.34. The predicted molar refractivity (Wildman–Crippen MR) is 84.2 cm³/mol. The summed E-state index contributed by atoms with van der Waals surface area (Å²) in [4.78, 5) is 2.50. The molecule has 0 aromatic heterocycles. The number of benzene rings is 1. The molecule has 0 spiro atoms. The van der Waals surface area contributed by atoms with Gasteiger partial charge in [-0.2, -0.15) is 0 Å². The Kier molecular flexibility index (Phi) is 6.53. The van der Waals surface area contributed by atoms with Crippen LogP contribution in [0.5, 0.6) is 0 Å². The summed E-state index contributed by atoms with van der Waals surface area (Å²) in [6.45, 7) is 11.0. The summed E-state index contributed by atoms with van der Waals surface area (Å²) in [7, 11) is 0. The summed E-state index contributed by atoms with van der Waals surface area (Å²) in [6.07, 6.45) is 3.63. The van der Waals surface area contributed by atoms with E-state index in [0.29, 0.717) is 6.04 Å². The Morgan fingerprint density at radius 1 is 1.11 bits per heavy atom. The molecule has 2 unspecified atom stereocenters. The first kappa shape index (κ1) is 16.2. The zero-order valence-corrected chi connectivity index (χ0v) is 13.0. The Morgan fingerprint density at radius 3 is 2.16 bits per heavy atom. The number of hydrogen-bond acceptors (Lipinski definition) is 2. The van der Waals surface area contributed by atoms with Gasteiger partial charge in [-0.15, -0.1) is 0 Å². The molecule has 0 aliphatic carbocycles. The lowest BCUT2D eigenvalue weighted by molar-refractivity contribution is 0.128. The van der Waals surface area contributed by atoms with Crippen molar-refractivity contribution in [1.29, 1.82) is 0 Å². The van der Waals surface area contributed by atoms with Crippen LogP contribution in [0.3, 0.4) is 0 Å². The van der Waals surface area contributed by atoms with Crippen LogP contribution in [0.1, 0.15) is 52.5 Å². The van der Waals surface area contributed by atoms with Gasteiger partial charge < -0.3 is 5.73 Å². The maximum absolute atomic E-state index is 6.73. The summed E-state index contributed by atoms with van der Waals surface area (Å²) in [5, 5.41) is 0. The van der Waals surface area contributed by atoms with Gasteiger partial charge in [0.15, 0.2) is 0 Å². The molecule has 0 fully saturated rings. The van der Waals surface area contributed by atoms with Gasteiger partial charge in [-0.25, -0.2) is 0 Å². The average Bonchev–Trinajstić information content (AvgIpc) is 2.44. The van der Waals surface area contributed by atoms with Crippen LogP contribution in [0.2, 0.25) is 0 Å². The van der Waals surface area contributed by atoms with Crippen molar-refractivity contribution in [1.82, 2.24) is 4.90 Å². The van der Waals surface area contributed by atoms with Crippen molar-refractivity contribution in [2.75, 3.05) is 13.1 Å². The van der Waals surface area contributed by atoms with Gasteiger partial charge >= 0.3 is 0 Å². The first-order chi connectivity index (χ1) is 9.07. The van der Waals surface area contributed by atoms with Crippen molar-refractivity contribution in [3.63, 3.8) is 0 Å². The zero-order chi connectivity index (χ0) is 14.3. The second kappa shape index (κ2) is 7.66. The van der Waals surface area contributed by atoms with E-state index in [9.17, 15) is 0 Å². The van der Waals surface area contributed by atoms with Gasteiger partial charge in [0.2, 0.25) is 0 Å². The molecule has 0 heterocycles. The monoisotopic (exact) mass is 262 g/mol. The number of hydrogen-bond donors (Lipinski definition) is 1. The molecule has 2 heteroatoms. The quantitative estimate of drug-likeness (QED) is 0.773. The molecule has 108 valence electrons. The largest absolute Gasteiger partial charge is 0.320 e. The summed E-state index contributed by atoms with van der Waals surface area (Å²) in [5.74, 6) is 0. The molecule has 0 saturated carbocycles. The lowest BCUT2D eigenvalue weighted by atomic mass is 9.82. The van der Waals surface area contributed by atoms with Crippen LogP contribution in [0.4, 0.5) is 0 Å². The summed E-state index contributed by atoms with van der Waals surface area (Å²) < 4.78 is 0. The first-order valence-corrected chi connectivity index (χ1v) is 7.66. The van der Waals surface area contributed by atoms with Gasteiger partial charge in [0, 0.05) is 6.04 Å². The van der Waals surface area contributed by atoms with E-state index in [1.807, 2.05) is 0 Å². The molecule has 0 radical (unpaired) electrons. The van der Waals surface area contributed by atoms with Crippen LogP contribution < -0.4 is 5.73 Å². The Hall–Kier alpha value is -0.860. The van der Waals surface area contributed by atoms with E-state index < -0.39 is 0 Å². The molecular weight excluding hydrogens is 232 g/mol. The van der Waals surface area contributed by atoms with E-state index in [-0.39, 0.29) is 5.54 Å². The number of rotatable bonds is 8. The molecule has 0 aliphatic heterocycles. The number of nitrogens with zero attached hydrogens (tertiary/aromatic N) is 1. The zero-order valence-electron chi connectivity index (χ0n) is 13.0. The molecule has 0 amide bonds. The lowest BCUT2D eigenvalue weighted by Crippen LogP contribution is -2.54. The van der Waals surface area contributed by atoms with E-state index >= 15 is 0 Å². The highest BCUT2D eigenvalue weighted by Crippen LogP contribution is 2.28. The molecule has 0 saturated heterocycles. The Labute approximate surface area is 119 Å². The van der Waals surface area contributed by atoms with Crippen LogP contribution in [-0.2, 0) is 5.54 Å². The molecule has 19 heavy (non-hydrogen) atoms. The summed E-state index contributed by atoms with van der Waals surface area (Å²) >= 11 is 0. The minimum Gasteiger partial charge on any atom is -0.320 e. The smallest absolute Gasteiger partial charge is 0.0538 e. The lowest BCUT2D eigenvalue weighted by Gasteiger charge is -2.42. The highest BCUT2D eigenvalue weighted by molar-refractivity contribution is 5.25. The van der Waals surface area contributed by atoms with Crippen molar-refractivity contribution in [2.45, 2.75) is 58.5 Å². The van der Waals surface area contributed by atoms with Crippen molar-refractivity contribution in [3.8, 4) is 0 Å². The van der Waals surface area contributed by atoms with E-state index in [4.69, 9.17) is 5.73 Å². The van der Waals surface area contributed by atoms with Gasteiger partial charge in [0.05, 0.1) is 5.54 Å². The number of nitrogens with two attached hydrogens (primary N) is 1. The molecule has 1 rings (SSSR count). The second-order valence-electron chi connectivity index (χ2n) is 5.53. The van der Waals surface area contributed by atoms with Gasteiger partial charge in [-0.3, -0.25) is 4.90 Å². The second-order valence-corrected chi connectivity index (χ2v) is 5.53. The molecular formula is C17H30N2. The van der Waals surface area contributed by atoms with Crippen LogP contribution >= 0.6 is 0 Å². The fourth-order valence-corrected chi connectivity index (χ4v) is 2.91. The maximum Gasteiger partial charge on any atom is 0.0538 e. The van der Waals surface area contributed by atoms with Crippen molar-refractivity contribution in [3.05, 3.63) is 35.9 Å². The minimum atomic E-state index is -0.289. The molecule has 0 aliphatic rings. The number of likely N-dealkylation sites (N-methyl/N-ethyl adjacent to an activating group) is 1. The Bertz CT molecular complexity index is 342. The molecule has 1 aromatic rings. The standard InChI is InChI=1S/C17H30N2/c1-5-8-14-16(19(6-2)7-3)17(4,18)15-12-10-9-11-13-15/h9-13,16H,5-8,14,18H2,1-4H3. The molecule has 2 N–H and O–H groups in total. The van der Waals surface area contributed by atoms with Crippen molar-refractivity contribution in [2.24, 2.45) is 5.73 Å². The SMILES string of the molecule is CCCCC(N(CC)CC)C(C)(N)c1ccccc1. The predicted octanol–water partition coefficient (Wildman–Crippen LogP) is 3.76. The fourth-order valence-electron chi connectivity index (χ4n) is 2.91. The van der Waals surface area contributed by atoms with Crippen LogP contribution in [0.15, 0.2) is 30.3 Å². The molecule has 1 aromatic carbocycles. The van der Waals surface area contributed by atoms with Gasteiger partial charge in [-0.05, 0) is 32.0 Å². The maximum atomic E-state index is 6.73. The van der Waals surface area contributed by atoms with E-state index in [2.05, 4.69) is 62.9 Å². The topological polar surface area (TPSA) is 29.3 Å². The van der Waals surface area contributed by atoms with Gasteiger partial charge in [-0.1, -0.05) is 63.9 Å². The summed E-state index contributed by atoms with van der Waals surface area (Å²) in [5.41, 5.74) is 7.68. The van der Waals surface area contributed by atoms with Crippen molar-refractivity contribution >= 4 is 0 Å². The first-order valence-electron chi connectivity index (χ1n) is 7.66. The Morgan fingerprint density at radius 2 is 1.68 bits per heavy atom. The third-order valence-corrected chi connectivity index (χ3v) is 4.17. The third kappa shape index (κ3) is 4.05. The van der Waals surface area contributed by atoms with Gasteiger partial charge in [0.25, 0.3) is 0 Å². The normalized spacial score (nSPS) is 16.3. The molecule has 2 nitrogen and oxygen atoms in total. The minimum absolute atomic E-state index is 0.289. The summed E-state index contributed by atoms with van der Waals surface area (Å²) in [6, 6.07) is 10.9. The average molecular weight is 262 g/mol. The van der Waals surface area contributed by atoms with Crippen LogP contribution in [0, 0.1) is 0 Å². The van der Waals surface area contributed by atoms with E-state index in [1.54, 1.807) is 0 Å². The fraction of sp³-hybridized carbons (Fsp3) is 0.647. The Balaban J connectivity index is 3.00. The van der Waals surface area contributed by atoms with Crippen LogP contribution in [-0.4, -0.2) is 24.0 Å². The van der Waals surface area contributed by atoms with E-state index in [1.165, 1.54) is 24.8 Å². The number of unbranched alkanes of at least 4 members (excludes halogenated alkanes) is 1. The van der Waals surface area contributed by atoms with Gasteiger partial charge in [0.1, 0.15) is 0 Å².